The van der Waals surface area contributed by atoms with Crippen molar-refractivity contribution in [2.24, 2.45) is 0 Å². The van der Waals surface area contributed by atoms with Gasteiger partial charge in [0.2, 0.25) is 5.91 Å². The first-order valence-electron chi connectivity index (χ1n) is 7.77. The molecule has 1 heterocycles. The molecule has 0 fully saturated rings. The minimum absolute atomic E-state index is 0.0498. The standard InChI is InChI=1S/C19H19NO3/c1-14(21)15-7-8-18-16(13-15)9-11-20(18)19(22)10-12-23-17-5-3-2-4-6-17/h2-8,13H,9-12H2,1H3. The maximum atomic E-state index is 12.4. The Bertz CT molecular complexity index is 725. The van der Waals surface area contributed by atoms with Crippen LogP contribution in [-0.2, 0) is 11.2 Å². The fourth-order valence-corrected chi connectivity index (χ4v) is 2.79. The van der Waals surface area contributed by atoms with E-state index < -0.39 is 0 Å². The fourth-order valence-electron chi connectivity index (χ4n) is 2.79. The first kappa shape index (κ1) is 15.3. The third-order valence-corrected chi connectivity index (χ3v) is 4.01. The summed E-state index contributed by atoms with van der Waals surface area (Å²) in [4.78, 5) is 25.6. The van der Waals surface area contributed by atoms with Gasteiger partial charge in [0.25, 0.3) is 0 Å². The summed E-state index contributed by atoms with van der Waals surface area (Å²) in [5.41, 5.74) is 2.68. The number of ketones is 1. The number of nitrogens with zero attached hydrogens (tertiary/aromatic N) is 1. The quantitative estimate of drug-likeness (QED) is 0.797. The van der Waals surface area contributed by atoms with Crippen molar-refractivity contribution in [3.05, 3.63) is 59.7 Å². The molecule has 4 nitrogen and oxygen atoms in total. The summed E-state index contributed by atoms with van der Waals surface area (Å²) in [6, 6.07) is 15.0. The summed E-state index contributed by atoms with van der Waals surface area (Å²) in [5.74, 6) is 0.873. The van der Waals surface area contributed by atoms with Crippen LogP contribution in [0.15, 0.2) is 48.5 Å². The van der Waals surface area contributed by atoms with Gasteiger partial charge in [-0.05, 0) is 49.2 Å². The number of hydrogen-bond acceptors (Lipinski definition) is 3. The van der Waals surface area contributed by atoms with Crippen molar-refractivity contribution in [3.63, 3.8) is 0 Å². The molecule has 0 bridgehead atoms. The smallest absolute Gasteiger partial charge is 0.230 e. The largest absolute Gasteiger partial charge is 0.493 e. The lowest BCUT2D eigenvalue weighted by Crippen LogP contribution is -2.30. The van der Waals surface area contributed by atoms with Crippen LogP contribution in [0.1, 0.15) is 29.3 Å². The van der Waals surface area contributed by atoms with Gasteiger partial charge in [0.05, 0.1) is 13.0 Å². The number of para-hydroxylation sites is 1. The lowest BCUT2D eigenvalue weighted by molar-refractivity contribution is -0.119. The highest BCUT2D eigenvalue weighted by Crippen LogP contribution is 2.29. The number of benzene rings is 2. The molecule has 1 aliphatic heterocycles. The number of amides is 1. The average Bonchev–Trinajstić information content (AvgIpc) is 2.99. The molecule has 0 radical (unpaired) electrons. The van der Waals surface area contributed by atoms with E-state index in [9.17, 15) is 9.59 Å². The maximum absolute atomic E-state index is 12.4. The van der Waals surface area contributed by atoms with E-state index in [1.165, 1.54) is 0 Å². The summed E-state index contributed by atoms with van der Waals surface area (Å²) in [6.45, 7) is 2.58. The number of fused-ring (bicyclic) bond motifs is 1. The molecular weight excluding hydrogens is 290 g/mol. The van der Waals surface area contributed by atoms with Crippen LogP contribution in [0.4, 0.5) is 5.69 Å². The van der Waals surface area contributed by atoms with E-state index >= 15 is 0 Å². The van der Waals surface area contributed by atoms with Gasteiger partial charge in [-0.2, -0.15) is 0 Å². The van der Waals surface area contributed by atoms with E-state index in [0.29, 0.717) is 25.1 Å². The van der Waals surface area contributed by atoms with Crippen molar-refractivity contribution in [2.45, 2.75) is 19.8 Å². The number of hydrogen-bond donors (Lipinski definition) is 0. The zero-order valence-electron chi connectivity index (χ0n) is 13.1. The molecular formula is C19H19NO3. The Labute approximate surface area is 135 Å². The topological polar surface area (TPSA) is 46.6 Å². The SMILES string of the molecule is CC(=O)c1ccc2c(c1)CCN2C(=O)CCOc1ccccc1. The molecule has 0 spiro atoms. The summed E-state index contributed by atoms with van der Waals surface area (Å²) in [7, 11) is 0. The first-order valence-corrected chi connectivity index (χ1v) is 7.77. The Morgan fingerprint density at radius 3 is 2.65 bits per heavy atom. The molecule has 0 unspecified atom stereocenters. The van der Waals surface area contributed by atoms with E-state index in [2.05, 4.69) is 0 Å². The molecule has 0 aromatic heterocycles. The van der Waals surface area contributed by atoms with E-state index in [1.54, 1.807) is 17.9 Å². The number of carbonyl (C=O) groups is 2. The van der Waals surface area contributed by atoms with E-state index in [1.807, 2.05) is 42.5 Å². The van der Waals surface area contributed by atoms with Gasteiger partial charge in [0.1, 0.15) is 5.75 Å². The van der Waals surface area contributed by atoms with Crippen molar-refractivity contribution in [1.29, 1.82) is 0 Å². The van der Waals surface area contributed by atoms with Crippen LogP contribution < -0.4 is 9.64 Å². The highest BCUT2D eigenvalue weighted by Gasteiger charge is 2.24. The van der Waals surface area contributed by atoms with Crippen molar-refractivity contribution < 1.29 is 14.3 Å². The second-order valence-corrected chi connectivity index (χ2v) is 5.61. The molecule has 23 heavy (non-hydrogen) atoms. The van der Waals surface area contributed by atoms with E-state index in [0.717, 1.165) is 23.4 Å². The first-order chi connectivity index (χ1) is 11.1. The summed E-state index contributed by atoms with van der Waals surface area (Å²) >= 11 is 0. The molecule has 1 aliphatic rings. The Morgan fingerprint density at radius 1 is 1.13 bits per heavy atom. The summed E-state index contributed by atoms with van der Waals surface area (Å²) in [6.07, 6.45) is 1.13. The molecule has 118 valence electrons. The van der Waals surface area contributed by atoms with E-state index in [4.69, 9.17) is 4.74 Å². The van der Waals surface area contributed by atoms with Gasteiger partial charge in [-0.3, -0.25) is 9.59 Å². The van der Waals surface area contributed by atoms with Crippen LogP contribution in [0.2, 0.25) is 0 Å². The third kappa shape index (κ3) is 3.42. The molecule has 2 aromatic rings. The fraction of sp³-hybridized carbons (Fsp3) is 0.263. The maximum Gasteiger partial charge on any atom is 0.230 e. The number of carbonyl (C=O) groups excluding carboxylic acids is 2. The minimum Gasteiger partial charge on any atom is -0.493 e. The van der Waals surface area contributed by atoms with Gasteiger partial charge in [0, 0.05) is 17.8 Å². The van der Waals surface area contributed by atoms with Gasteiger partial charge in [-0.15, -0.1) is 0 Å². The predicted octanol–water partition coefficient (Wildman–Crippen LogP) is 3.25. The molecule has 0 saturated carbocycles. The molecule has 2 aromatic carbocycles. The molecule has 4 heteroatoms. The van der Waals surface area contributed by atoms with Gasteiger partial charge in [0.15, 0.2) is 5.78 Å². The minimum atomic E-state index is 0.0498. The second-order valence-electron chi connectivity index (χ2n) is 5.61. The van der Waals surface area contributed by atoms with Crippen LogP contribution in [0.5, 0.6) is 5.75 Å². The van der Waals surface area contributed by atoms with Gasteiger partial charge in [-0.1, -0.05) is 18.2 Å². The van der Waals surface area contributed by atoms with Crippen molar-refractivity contribution >= 4 is 17.4 Å². The molecule has 0 aliphatic carbocycles. The highest BCUT2D eigenvalue weighted by molar-refractivity contribution is 5.98. The van der Waals surface area contributed by atoms with Crippen molar-refractivity contribution in [2.75, 3.05) is 18.1 Å². The molecule has 1 amide bonds. The zero-order valence-corrected chi connectivity index (χ0v) is 13.1. The summed E-state index contributed by atoms with van der Waals surface area (Å²) < 4.78 is 5.58. The van der Waals surface area contributed by atoms with E-state index in [-0.39, 0.29) is 11.7 Å². The Hall–Kier alpha value is -2.62. The monoisotopic (exact) mass is 309 g/mol. The van der Waals surface area contributed by atoms with Crippen LogP contribution in [0, 0.1) is 0 Å². The van der Waals surface area contributed by atoms with Crippen LogP contribution in [-0.4, -0.2) is 24.8 Å². The summed E-state index contributed by atoms with van der Waals surface area (Å²) in [5, 5.41) is 0. The molecule has 0 saturated heterocycles. The van der Waals surface area contributed by atoms with Crippen molar-refractivity contribution in [3.8, 4) is 5.75 Å². The van der Waals surface area contributed by atoms with Crippen LogP contribution in [0.3, 0.4) is 0 Å². The van der Waals surface area contributed by atoms with Gasteiger partial charge in [-0.25, -0.2) is 0 Å². The Balaban J connectivity index is 1.61. The van der Waals surface area contributed by atoms with Crippen LogP contribution >= 0.6 is 0 Å². The van der Waals surface area contributed by atoms with Crippen LogP contribution in [0.25, 0.3) is 0 Å². The van der Waals surface area contributed by atoms with Gasteiger partial charge >= 0.3 is 0 Å². The lowest BCUT2D eigenvalue weighted by Gasteiger charge is -2.17. The zero-order chi connectivity index (χ0) is 16.2. The van der Waals surface area contributed by atoms with Crippen molar-refractivity contribution in [1.82, 2.24) is 0 Å². The van der Waals surface area contributed by atoms with Gasteiger partial charge < -0.3 is 9.64 Å². The number of rotatable bonds is 5. The normalized spacial score (nSPS) is 12.8. The Morgan fingerprint density at radius 2 is 1.91 bits per heavy atom. The highest BCUT2D eigenvalue weighted by atomic mass is 16.5. The number of Topliss-reactive ketones (excluding diaryl/α,β-unsaturated/α-hetero) is 1. The second kappa shape index (κ2) is 6.65. The third-order valence-electron chi connectivity index (χ3n) is 4.01. The number of ether oxygens (including phenoxy) is 1. The molecule has 0 N–H and O–H groups in total. The lowest BCUT2D eigenvalue weighted by atomic mass is 10.1. The number of anilines is 1. The molecule has 0 atom stereocenters. The molecule has 3 rings (SSSR count). The average molecular weight is 309 g/mol. The Kier molecular flexibility index (Phi) is 4.42. The predicted molar refractivity (Wildman–Crippen MR) is 89.1 cm³/mol.